The van der Waals surface area contributed by atoms with Gasteiger partial charge in [0.05, 0.1) is 11.1 Å². The smallest absolute Gasteiger partial charge is 0.262 e. The number of hydrogen-bond donors (Lipinski definition) is 1. The molecule has 0 bridgehead atoms. The van der Waals surface area contributed by atoms with Crippen molar-refractivity contribution in [3.05, 3.63) is 65.0 Å². The van der Waals surface area contributed by atoms with Gasteiger partial charge in [0.25, 0.3) is 11.8 Å². The van der Waals surface area contributed by atoms with E-state index in [0.29, 0.717) is 22.4 Å². The van der Waals surface area contributed by atoms with E-state index < -0.39 is 29.6 Å². The summed E-state index contributed by atoms with van der Waals surface area (Å²) >= 11 is 0. The van der Waals surface area contributed by atoms with E-state index in [2.05, 4.69) is 5.32 Å². The normalized spacial score (nSPS) is 14.5. The van der Waals surface area contributed by atoms with Crippen LogP contribution in [0.2, 0.25) is 0 Å². The number of fused-ring (bicyclic) bond motifs is 1. The van der Waals surface area contributed by atoms with E-state index >= 15 is 0 Å². The van der Waals surface area contributed by atoms with Gasteiger partial charge in [-0.05, 0) is 49.7 Å². The van der Waals surface area contributed by atoms with Crippen LogP contribution in [-0.2, 0) is 4.79 Å². The highest BCUT2D eigenvalue weighted by molar-refractivity contribution is 6.23. The Hall–Kier alpha value is -3.02. The van der Waals surface area contributed by atoms with Crippen LogP contribution in [0.1, 0.15) is 33.2 Å². The van der Waals surface area contributed by atoms with Gasteiger partial charge in [-0.1, -0.05) is 12.1 Å². The molecule has 24 heavy (non-hydrogen) atoms. The fourth-order valence-corrected chi connectivity index (χ4v) is 2.68. The molecular formula is C18H15FN2O3. The van der Waals surface area contributed by atoms with Crippen molar-refractivity contribution in [3.8, 4) is 0 Å². The monoisotopic (exact) mass is 326 g/mol. The summed E-state index contributed by atoms with van der Waals surface area (Å²) in [6, 6.07) is 9.44. The highest BCUT2D eigenvalue weighted by Crippen LogP contribution is 2.25. The maximum absolute atomic E-state index is 13.1. The second-order valence-corrected chi connectivity index (χ2v) is 5.65. The minimum atomic E-state index is -0.984. The van der Waals surface area contributed by atoms with E-state index in [-0.39, 0.29) is 0 Å². The van der Waals surface area contributed by atoms with Crippen molar-refractivity contribution in [2.75, 3.05) is 5.32 Å². The zero-order chi connectivity index (χ0) is 17.4. The van der Waals surface area contributed by atoms with Crippen LogP contribution in [0.15, 0.2) is 42.5 Å². The molecule has 2 aromatic rings. The fraction of sp³-hybridized carbons (Fsp3) is 0.167. The molecular weight excluding hydrogens is 311 g/mol. The van der Waals surface area contributed by atoms with Crippen molar-refractivity contribution in [1.29, 1.82) is 0 Å². The van der Waals surface area contributed by atoms with Crippen LogP contribution in [0.4, 0.5) is 10.1 Å². The van der Waals surface area contributed by atoms with Crippen LogP contribution in [0.5, 0.6) is 0 Å². The van der Waals surface area contributed by atoms with E-state index in [9.17, 15) is 18.8 Å². The molecule has 0 unspecified atom stereocenters. The lowest BCUT2D eigenvalue weighted by Gasteiger charge is -2.22. The van der Waals surface area contributed by atoms with Gasteiger partial charge in [-0.3, -0.25) is 19.3 Å². The van der Waals surface area contributed by atoms with Gasteiger partial charge in [0, 0.05) is 5.69 Å². The average Bonchev–Trinajstić information content (AvgIpc) is 2.81. The summed E-state index contributed by atoms with van der Waals surface area (Å²) in [6.07, 6.45) is 0. The van der Waals surface area contributed by atoms with Gasteiger partial charge < -0.3 is 5.32 Å². The molecule has 2 aromatic carbocycles. The third-order valence-corrected chi connectivity index (χ3v) is 4.04. The summed E-state index contributed by atoms with van der Waals surface area (Å²) < 4.78 is 13.1. The highest BCUT2D eigenvalue weighted by atomic mass is 19.1. The number of benzene rings is 2. The lowest BCUT2D eigenvalue weighted by molar-refractivity contribution is -0.119. The summed E-state index contributed by atoms with van der Waals surface area (Å²) in [5, 5.41) is 2.63. The van der Waals surface area contributed by atoms with Crippen LogP contribution < -0.4 is 5.32 Å². The van der Waals surface area contributed by atoms with E-state index in [1.807, 2.05) is 0 Å². The lowest BCUT2D eigenvalue weighted by Crippen LogP contribution is -2.45. The van der Waals surface area contributed by atoms with E-state index in [0.717, 1.165) is 4.90 Å². The molecule has 0 fully saturated rings. The number of hydrogen-bond acceptors (Lipinski definition) is 3. The number of rotatable bonds is 3. The summed E-state index contributed by atoms with van der Waals surface area (Å²) in [5.41, 5.74) is 1.57. The molecule has 1 atom stereocenters. The van der Waals surface area contributed by atoms with Crippen LogP contribution in [0.25, 0.3) is 0 Å². The molecule has 122 valence electrons. The molecule has 0 aromatic heterocycles. The number of imide groups is 1. The summed E-state index contributed by atoms with van der Waals surface area (Å²) in [5.74, 6) is -1.90. The van der Waals surface area contributed by atoms with Crippen molar-refractivity contribution in [1.82, 2.24) is 4.90 Å². The van der Waals surface area contributed by atoms with Gasteiger partial charge in [-0.2, -0.15) is 0 Å². The van der Waals surface area contributed by atoms with Gasteiger partial charge >= 0.3 is 0 Å². The van der Waals surface area contributed by atoms with Crippen molar-refractivity contribution in [2.45, 2.75) is 19.9 Å². The largest absolute Gasteiger partial charge is 0.324 e. The molecule has 0 aliphatic carbocycles. The van der Waals surface area contributed by atoms with Crippen LogP contribution in [0.3, 0.4) is 0 Å². The topological polar surface area (TPSA) is 66.5 Å². The second-order valence-electron chi connectivity index (χ2n) is 5.65. The Kier molecular flexibility index (Phi) is 3.89. The predicted octanol–water partition coefficient (Wildman–Crippen LogP) is 2.76. The van der Waals surface area contributed by atoms with Crippen LogP contribution in [-0.4, -0.2) is 28.7 Å². The second kappa shape index (κ2) is 5.88. The maximum Gasteiger partial charge on any atom is 0.262 e. The van der Waals surface area contributed by atoms with Crippen molar-refractivity contribution >= 4 is 23.4 Å². The van der Waals surface area contributed by atoms with Gasteiger partial charge in [0.1, 0.15) is 11.9 Å². The first-order valence-electron chi connectivity index (χ1n) is 7.44. The van der Waals surface area contributed by atoms with Gasteiger partial charge in [0.2, 0.25) is 5.91 Å². The fourth-order valence-electron chi connectivity index (χ4n) is 2.68. The first-order valence-corrected chi connectivity index (χ1v) is 7.44. The molecule has 6 heteroatoms. The molecule has 0 saturated heterocycles. The van der Waals surface area contributed by atoms with Crippen LogP contribution in [0, 0.1) is 12.7 Å². The van der Waals surface area contributed by atoms with Gasteiger partial charge in [-0.15, -0.1) is 0 Å². The molecule has 1 N–H and O–H groups in total. The lowest BCUT2D eigenvalue weighted by atomic mass is 10.1. The zero-order valence-electron chi connectivity index (χ0n) is 13.2. The highest BCUT2D eigenvalue weighted by Gasteiger charge is 2.40. The molecule has 1 heterocycles. The Balaban J connectivity index is 1.82. The summed E-state index contributed by atoms with van der Waals surface area (Å²) in [6.45, 7) is 3.14. The van der Waals surface area contributed by atoms with Gasteiger partial charge in [-0.25, -0.2) is 4.39 Å². The van der Waals surface area contributed by atoms with E-state index in [1.165, 1.54) is 25.1 Å². The quantitative estimate of drug-likeness (QED) is 0.882. The van der Waals surface area contributed by atoms with E-state index in [4.69, 9.17) is 0 Å². The van der Waals surface area contributed by atoms with Crippen LogP contribution >= 0.6 is 0 Å². The van der Waals surface area contributed by atoms with Crippen molar-refractivity contribution in [2.24, 2.45) is 0 Å². The van der Waals surface area contributed by atoms with Crippen molar-refractivity contribution < 1.29 is 18.8 Å². The number of aryl methyl sites for hydroxylation is 1. The van der Waals surface area contributed by atoms with Gasteiger partial charge in [0.15, 0.2) is 0 Å². The number of halogens is 1. The molecule has 1 aliphatic heterocycles. The summed E-state index contributed by atoms with van der Waals surface area (Å²) in [7, 11) is 0. The number of amides is 3. The minimum Gasteiger partial charge on any atom is -0.324 e. The Labute approximate surface area is 138 Å². The predicted molar refractivity (Wildman–Crippen MR) is 86.2 cm³/mol. The first kappa shape index (κ1) is 15.9. The van der Waals surface area contributed by atoms with Crippen molar-refractivity contribution in [3.63, 3.8) is 0 Å². The molecule has 3 amide bonds. The number of nitrogens with one attached hydrogen (secondary N) is 1. The summed E-state index contributed by atoms with van der Waals surface area (Å²) in [4.78, 5) is 38.2. The third kappa shape index (κ3) is 2.56. The SMILES string of the molecule is Cc1cc(F)ccc1NC(=O)[C@H](C)N1C(=O)c2ccccc2C1=O. The Morgan fingerprint density at radius 1 is 1.08 bits per heavy atom. The Bertz CT molecular complexity index is 828. The molecule has 0 spiro atoms. The third-order valence-electron chi connectivity index (χ3n) is 4.04. The molecule has 3 rings (SSSR count). The number of anilines is 1. The molecule has 0 radical (unpaired) electrons. The van der Waals surface area contributed by atoms with E-state index in [1.54, 1.807) is 31.2 Å². The first-order chi connectivity index (χ1) is 11.4. The average molecular weight is 326 g/mol. The molecule has 1 aliphatic rings. The zero-order valence-corrected chi connectivity index (χ0v) is 13.2. The number of carbonyl (C=O) groups excluding carboxylic acids is 3. The minimum absolute atomic E-state index is 0.292. The molecule has 5 nitrogen and oxygen atoms in total. The number of nitrogens with zero attached hydrogens (tertiary/aromatic N) is 1. The standard InChI is InChI=1S/C18H15FN2O3/c1-10-9-12(19)7-8-15(10)20-16(22)11(2)21-17(23)13-5-3-4-6-14(13)18(21)24/h3-9,11H,1-2H3,(H,20,22)/t11-/m0/s1. The Morgan fingerprint density at radius 2 is 1.67 bits per heavy atom. The number of carbonyl (C=O) groups is 3. The maximum atomic E-state index is 13.1. The Morgan fingerprint density at radius 3 is 2.21 bits per heavy atom. The molecule has 0 saturated carbocycles.